The molecule has 0 atom stereocenters. The first-order valence-corrected chi connectivity index (χ1v) is 7.38. The highest BCUT2D eigenvalue weighted by atomic mass is 32.1. The van der Waals surface area contributed by atoms with Gasteiger partial charge in [0.15, 0.2) is 5.69 Å². The van der Waals surface area contributed by atoms with Gasteiger partial charge in [-0.05, 0) is 12.1 Å². The minimum absolute atomic E-state index is 0.0405. The summed E-state index contributed by atoms with van der Waals surface area (Å²) in [6.45, 7) is 0. The van der Waals surface area contributed by atoms with Crippen LogP contribution in [0, 0.1) is 0 Å². The highest BCUT2D eigenvalue weighted by Crippen LogP contribution is 2.16. The lowest BCUT2D eigenvalue weighted by molar-refractivity contribution is 0.0593. The number of esters is 1. The summed E-state index contributed by atoms with van der Waals surface area (Å²) < 4.78 is 6.04. The zero-order valence-corrected chi connectivity index (χ0v) is 12.8. The van der Waals surface area contributed by atoms with Crippen molar-refractivity contribution in [3.05, 3.63) is 53.3 Å². The molecule has 1 N–H and O–H groups in total. The number of para-hydroxylation sites is 1. The van der Waals surface area contributed by atoms with Gasteiger partial charge in [0.2, 0.25) is 5.13 Å². The van der Waals surface area contributed by atoms with Crippen molar-refractivity contribution in [3.8, 4) is 5.69 Å². The molecule has 0 fully saturated rings. The number of methoxy groups -OCH3 is 1. The number of aromatic nitrogens is 4. The van der Waals surface area contributed by atoms with Crippen molar-refractivity contribution in [1.82, 2.24) is 20.0 Å². The lowest BCUT2D eigenvalue weighted by Crippen LogP contribution is -2.16. The van der Waals surface area contributed by atoms with E-state index in [0.29, 0.717) is 10.8 Å². The minimum Gasteiger partial charge on any atom is -0.464 e. The quantitative estimate of drug-likeness (QED) is 0.732. The predicted octanol–water partition coefficient (Wildman–Crippen LogP) is 1.76. The summed E-state index contributed by atoms with van der Waals surface area (Å²) in [6, 6.07) is 10.4. The fourth-order valence-corrected chi connectivity index (χ4v) is 2.34. The van der Waals surface area contributed by atoms with Crippen molar-refractivity contribution >= 4 is 28.3 Å². The van der Waals surface area contributed by atoms with Crippen molar-refractivity contribution in [3.63, 3.8) is 0 Å². The van der Waals surface area contributed by atoms with Crippen LogP contribution in [0.4, 0.5) is 5.13 Å². The summed E-state index contributed by atoms with van der Waals surface area (Å²) in [6.07, 6.45) is 0. The highest BCUT2D eigenvalue weighted by molar-refractivity contribution is 7.13. The Labute approximate surface area is 134 Å². The van der Waals surface area contributed by atoms with Crippen LogP contribution in [0.3, 0.4) is 0 Å². The van der Waals surface area contributed by atoms with Crippen LogP contribution < -0.4 is 5.32 Å². The number of hydrogen-bond acceptors (Lipinski definition) is 7. The van der Waals surface area contributed by atoms with E-state index < -0.39 is 11.9 Å². The van der Waals surface area contributed by atoms with Crippen molar-refractivity contribution in [1.29, 1.82) is 0 Å². The Balaban J connectivity index is 2.01. The van der Waals surface area contributed by atoms with E-state index in [1.54, 1.807) is 24.3 Å². The van der Waals surface area contributed by atoms with Crippen molar-refractivity contribution in [2.24, 2.45) is 0 Å². The van der Waals surface area contributed by atoms with Crippen LogP contribution in [-0.2, 0) is 4.74 Å². The van der Waals surface area contributed by atoms with E-state index in [-0.39, 0.29) is 11.4 Å². The Kier molecular flexibility index (Phi) is 4.11. The number of hydrogen-bond donors (Lipinski definition) is 1. The normalized spacial score (nSPS) is 10.3. The van der Waals surface area contributed by atoms with E-state index >= 15 is 0 Å². The maximum absolute atomic E-state index is 12.4. The Morgan fingerprint density at radius 2 is 2.04 bits per heavy atom. The van der Waals surface area contributed by atoms with Crippen LogP contribution in [0.15, 0.2) is 41.9 Å². The van der Waals surface area contributed by atoms with Crippen LogP contribution in [-0.4, -0.2) is 39.0 Å². The van der Waals surface area contributed by atoms with E-state index in [1.165, 1.54) is 34.7 Å². The summed E-state index contributed by atoms with van der Waals surface area (Å²) >= 11 is 1.19. The molecule has 2 aromatic heterocycles. The van der Waals surface area contributed by atoms with E-state index in [9.17, 15) is 9.59 Å². The second-order valence-electron chi connectivity index (χ2n) is 4.35. The van der Waals surface area contributed by atoms with E-state index in [0.717, 1.165) is 0 Å². The van der Waals surface area contributed by atoms with Crippen molar-refractivity contribution in [2.75, 3.05) is 12.4 Å². The van der Waals surface area contributed by atoms with E-state index in [1.807, 2.05) is 6.07 Å². The third-order valence-electron chi connectivity index (χ3n) is 2.92. The van der Waals surface area contributed by atoms with Gasteiger partial charge in [0.1, 0.15) is 11.2 Å². The first kappa shape index (κ1) is 14.9. The molecular weight excluding hydrogens is 318 g/mol. The van der Waals surface area contributed by atoms with Crippen LogP contribution in [0.5, 0.6) is 0 Å². The number of nitrogens with zero attached hydrogens (tertiary/aromatic N) is 4. The molecule has 9 heteroatoms. The monoisotopic (exact) mass is 329 g/mol. The first-order chi connectivity index (χ1) is 11.2. The molecule has 0 unspecified atom stereocenters. The average Bonchev–Trinajstić information content (AvgIpc) is 3.24. The fourth-order valence-electron chi connectivity index (χ4n) is 1.90. The third kappa shape index (κ3) is 3.09. The molecule has 0 bridgehead atoms. The minimum atomic E-state index is -0.621. The number of benzene rings is 1. The van der Waals surface area contributed by atoms with Crippen molar-refractivity contribution < 1.29 is 14.3 Å². The molecular formula is C14H11N5O3S. The smallest absolute Gasteiger partial charge is 0.358 e. The first-order valence-electron chi connectivity index (χ1n) is 6.50. The molecule has 1 amide bonds. The zero-order chi connectivity index (χ0) is 16.2. The predicted molar refractivity (Wildman–Crippen MR) is 82.8 cm³/mol. The summed E-state index contributed by atoms with van der Waals surface area (Å²) in [5, 5.41) is 14.5. The van der Waals surface area contributed by atoms with Gasteiger partial charge < -0.3 is 4.74 Å². The van der Waals surface area contributed by atoms with Gasteiger partial charge in [0, 0.05) is 6.07 Å². The van der Waals surface area contributed by atoms with Gasteiger partial charge in [-0.25, -0.2) is 9.48 Å². The number of rotatable bonds is 4. The molecule has 0 aliphatic carbocycles. The zero-order valence-electron chi connectivity index (χ0n) is 12.0. The van der Waals surface area contributed by atoms with Crippen LogP contribution >= 0.6 is 11.3 Å². The standard InChI is InChI=1S/C14H11N5O3S/c1-22-13(21)10-7-11(12(20)16-14-17-15-8-23-14)19(18-10)9-5-3-2-4-6-9/h2-8H,1H3,(H,16,17,20). The van der Waals surface area contributed by atoms with E-state index in [2.05, 4.69) is 25.3 Å². The van der Waals surface area contributed by atoms with Crippen LogP contribution in [0.2, 0.25) is 0 Å². The molecule has 3 rings (SSSR count). The largest absolute Gasteiger partial charge is 0.464 e. The molecule has 0 saturated carbocycles. The number of anilines is 1. The van der Waals surface area contributed by atoms with Crippen LogP contribution in [0.25, 0.3) is 5.69 Å². The highest BCUT2D eigenvalue weighted by Gasteiger charge is 2.21. The molecule has 1 aromatic carbocycles. The molecule has 0 spiro atoms. The number of amides is 1. The Morgan fingerprint density at radius 3 is 2.70 bits per heavy atom. The second-order valence-corrected chi connectivity index (χ2v) is 5.18. The maximum atomic E-state index is 12.4. The van der Waals surface area contributed by atoms with Gasteiger partial charge >= 0.3 is 5.97 Å². The molecule has 2 heterocycles. The molecule has 116 valence electrons. The Morgan fingerprint density at radius 1 is 1.26 bits per heavy atom. The average molecular weight is 329 g/mol. The van der Waals surface area contributed by atoms with Gasteiger partial charge in [-0.2, -0.15) is 5.10 Å². The molecule has 8 nitrogen and oxygen atoms in total. The van der Waals surface area contributed by atoms with Gasteiger partial charge in [-0.1, -0.05) is 29.5 Å². The number of nitrogens with one attached hydrogen (secondary N) is 1. The maximum Gasteiger partial charge on any atom is 0.358 e. The number of carbonyl (C=O) groups excluding carboxylic acids is 2. The summed E-state index contributed by atoms with van der Waals surface area (Å²) in [4.78, 5) is 24.1. The Bertz CT molecular complexity index is 829. The lowest BCUT2D eigenvalue weighted by Gasteiger charge is -2.06. The molecule has 0 radical (unpaired) electrons. The number of ether oxygens (including phenoxy) is 1. The van der Waals surface area contributed by atoms with Gasteiger partial charge in [-0.3, -0.25) is 10.1 Å². The van der Waals surface area contributed by atoms with Crippen LogP contribution in [0.1, 0.15) is 21.0 Å². The third-order valence-corrected chi connectivity index (χ3v) is 3.52. The molecule has 3 aromatic rings. The summed E-state index contributed by atoms with van der Waals surface area (Å²) in [7, 11) is 1.25. The molecule has 23 heavy (non-hydrogen) atoms. The SMILES string of the molecule is COC(=O)c1cc(C(=O)Nc2nncs2)n(-c2ccccc2)n1. The summed E-state index contributed by atoms with van der Waals surface area (Å²) in [5.41, 5.74) is 2.37. The lowest BCUT2D eigenvalue weighted by atomic mass is 10.3. The van der Waals surface area contributed by atoms with Crippen molar-refractivity contribution in [2.45, 2.75) is 0 Å². The second kappa shape index (κ2) is 6.36. The van der Waals surface area contributed by atoms with Gasteiger partial charge in [0.05, 0.1) is 12.8 Å². The van der Waals surface area contributed by atoms with Gasteiger partial charge in [-0.15, -0.1) is 10.2 Å². The van der Waals surface area contributed by atoms with Gasteiger partial charge in [0.25, 0.3) is 5.91 Å². The summed E-state index contributed by atoms with van der Waals surface area (Å²) in [5.74, 6) is -1.07. The molecule has 0 saturated heterocycles. The topological polar surface area (TPSA) is 99.0 Å². The number of carbonyl (C=O) groups is 2. The molecule has 0 aliphatic heterocycles. The molecule has 0 aliphatic rings. The van der Waals surface area contributed by atoms with E-state index in [4.69, 9.17) is 0 Å². The Hall–Kier alpha value is -3.07. The fraction of sp³-hybridized carbons (Fsp3) is 0.0714.